The third-order valence-corrected chi connectivity index (χ3v) is 6.00. The zero-order valence-corrected chi connectivity index (χ0v) is 16.7. The van der Waals surface area contributed by atoms with Gasteiger partial charge in [-0.05, 0) is 48.6 Å². The number of fused-ring (bicyclic) bond motifs is 1. The highest BCUT2D eigenvalue weighted by Crippen LogP contribution is 2.30. The third-order valence-electron chi connectivity index (χ3n) is 5.67. The number of aryl methyl sites for hydroxylation is 2. The molecule has 0 bridgehead atoms. The van der Waals surface area contributed by atoms with Crippen LogP contribution in [0.4, 0.5) is 5.69 Å². The van der Waals surface area contributed by atoms with Crippen LogP contribution in [0.25, 0.3) is 0 Å². The molecule has 6 heteroatoms. The van der Waals surface area contributed by atoms with Crippen LogP contribution < -0.4 is 5.32 Å². The van der Waals surface area contributed by atoms with Gasteiger partial charge < -0.3 is 10.4 Å². The van der Waals surface area contributed by atoms with Gasteiger partial charge in [0.25, 0.3) is 0 Å². The standard InChI is InChI=1S/C22H26ClN3O2/c23-19-6-1-2-7-20(19)24-22(28)15-26-10-8-25(9-11-26)14-18-12-16-4-3-5-17(16)13-21(18)27/h1-2,6-7,12-13,27H,3-5,8-11,14-15H2,(H,24,28). The number of hydrogen-bond acceptors (Lipinski definition) is 4. The van der Waals surface area contributed by atoms with Crippen molar-refractivity contribution in [1.29, 1.82) is 0 Å². The predicted octanol–water partition coefficient (Wildman–Crippen LogP) is 3.29. The molecular weight excluding hydrogens is 374 g/mol. The number of amides is 1. The number of phenolic OH excluding ortho intramolecular Hbond substituents is 1. The number of carbonyl (C=O) groups excluding carboxylic acids is 1. The zero-order chi connectivity index (χ0) is 19.5. The summed E-state index contributed by atoms with van der Waals surface area (Å²) in [4.78, 5) is 16.8. The molecule has 1 fully saturated rings. The first-order valence-corrected chi connectivity index (χ1v) is 10.3. The summed E-state index contributed by atoms with van der Waals surface area (Å²) < 4.78 is 0. The highest BCUT2D eigenvalue weighted by molar-refractivity contribution is 6.33. The Morgan fingerprint density at radius 1 is 1.04 bits per heavy atom. The first-order chi connectivity index (χ1) is 13.6. The van der Waals surface area contributed by atoms with Gasteiger partial charge in [0.05, 0.1) is 17.3 Å². The maximum Gasteiger partial charge on any atom is 0.238 e. The van der Waals surface area contributed by atoms with Crippen LogP contribution in [0.15, 0.2) is 36.4 Å². The minimum Gasteiger partial charge on any atom is -0.508 e. The van der Waals surface area contributed by atoms with Gasteiger partial charge in [0.1, 0.15) is 5.75 Å². The molecule has 0 unspecified atom stereocenters. The lowest BCUT2D eigenvalue weighted by Crippen LogP contribution is -2.48. The lowest BCUT2D eigenvalue weighted by atomic mass is 10.0. The Morgan fingerprint density at radius 2 is 1.71 bits per heavy atom. The molecule has 2 N–H and O–H groups in total. The number of benzene rings is 2. The van der Waals surface area contributed by atoms with Crippen LogP contribution in [0.2, 0.25) is 5.02 Å². The molecule has 4 rings (SSSR count). The van der Waals surface area contributed by atoms with Crippen LogP contribution >= 0.6 is 11.6 Å². The highest BCUT2D eigenvalue weighted by atomic mass is 35.5. The number of aromatic hydroxyl groups is 1. The molecule has 1 heterocycles. The van der Waals surface area contributed by atoms with Crippen molar-refractivity contribution in [2.24, 2.45) is 0 Å². The summed E-state index contributed by atoms with van der Waals surface area (Å²) in [6.07, 6.45) is 3.39. The van der Waals surface area contributed by atoms with Crippen LogP contribution in [-0.4, -0.2) is 53.5 Å². The molecule has 0 aromatic heterocycles. The molecule has 2 aliphatic rings. The number of anilines is 1. The molecule has 148 valence electrons. The van der Waals surface area contributed by atoms with Gasteiger partial charge in [-0.1, -0.05) is 29.8 Å². The van der Waals surface area contributed by atoms with E-state index in [-0.39, 0.29) is 5.91 Å². The van der Waals surface area contributed by atoms with Gasteiger partial charge in [0.15, 0.2) is 0 Å². The summed E-state index contributed by atoms with van der Waals surface area (Å²) in [7, 11) is 0. The molecule has 1 aliphatic carbocycles. The Labute approximate surface area is 170 Å². The minimum absolute atomic E-state index is 0.0437. The predicted molar refractivity (Wildman–Crippen MR) is 112 cm³/mol. The number of nitrogens with one attached hydrogen (secondary N) is 1. The first-order valence-electron chi connectivity index (χ1n) is 9.91. The monoisotopic (exact) mass is 399 g/mol. The van der Waals surface area contributed by atoms with Crippen LogP contribution in [0.5, 0.6) is 5.75 Å². The minimum atomic E-state index is -0.0437. The summed E-state index contributed by atoms with van der Waals surface area (Å²) in [6.45, 7) is 4.57. The van der Waals surface area contributed by atoms with Crippen molar-refractivity contribution in [2.45, 2.75) is 25.8 Å². The van der Waals surface area contributed by atoms with Crippen LogP contribution in [-0.2, 0) is 24.2 Å². The summed E-state index contributed by atoms with van der Waals surface area (Å²) in [5, 5.41) is 13.8. The number of halogens is 1. The van der Waals surface area contributed by atoms with E-state index in [9.17, 15) is 9.90 Å². The molecular formula is C22H26ClN3O2. The zero-order valence-electron chi connectivity index (χ0n) is 16.0. The fourth-order valence-corrected chi connectivity index (χ4v) is 4.27. The van der Waals surface area contributed by atoms with E-state index in [1.54, 1.807) is 12.1 Å². The second-order valence-corrected chi connectivity index (χ2v) is 8.09. The molecule has 28 heavy (non-hydrogen) atoms. The van der Waals surface area contributed by atoms with Crippen LogP contribution in [0.3, 0.4) is 0 Å². The molecule has 1 amide bonds. The van der Waals surface area contributed by atoms with Gasteiger partial charge in [-0.2, -0.15) is 0 Å². The van der Waals surface area contributed by atoms with E-state index in [4.69, 9.17) is 11.6 Å². The second kappa shape index (κ2) is 8.52. The average molecular weight is 400 g/mol. The Balaban J connectivity index is 1.27. The van der Waals surface area contributed by atoms with Gasteiger partial charge in [-0.3, -0.25) is 14.6 Å². The number of rotatable bonds is 5. The number of para-hydroxylation sites is 1. The van der Waals surface area contributed by atoms with E-state index >= 15 is 0 Å². The van der Waals surface area contributed by atoms with Gasteiger partial charge in [-0.25, -0.2) is 0 Å². The van der Waals surface area contributed by atoms with Crippen molar-refractivity contribution in [2.75, 3.05) is 38.0 Å². The van der Waals surface area contributed by atoms with Crippen molar-refractivity contribution in [1.82, 2.24) is 9.80 Å². The van der Waals surface area contributed by atoms with E-state index in [0.717, 1.165) is 51.1 Å². The maximum absolute atomic E-state index is 12.3. The van der Waals surface area contributed by atoms with Crippen molar-refractivity contribution in [3.63, 3.8) is 0 Å². The summed E-state index contributed by atoms with van der Waals surface area (Å²) in [5.74, 6) is 0.375. The number of phenols is 1. The maximum atomic E-state index is 12.3. The third kappa shape index (κ3) is 4.49. The smallest absolute Gasteiger partial charge is 0.238 e. The Hall–Kier alpha value is -2.08. The van der Waals surface area contributed by atoms with Gasteiger partial charge in [0.2, 0.25) is 5.91 Å². The lowest BCUT2D eigenvalue weighted by molar-refractivity contribution is -0.117. The largest absolute Gasteiger partial charge is 0.508 e. The van der Waals surface area contributed by atoms with E-state index in [0.29, 0.717) is 23.0 Å². The van der Waals surface area contributed by atoms with Gasteiger partial charge in [-0.15, -0.1) is 0 Å². The molecule has 0 spiro atoms. The fourth-order valence-electron chi connectivity index (χ4n) is 4.09. The summed E-state index contributed by atoms with van der Waals surface area (Å²) in [6, 6.07) is 11.4. The summed E-state index contributed by atoms with van der Waals surface area (Å²) in [5.41, 5.74) is 4.36. The Bertz CT molecular complexity index is 863. The van der Waals surface area contributed by atoms with E-state index < -0.39 is 0 Å². The quantitative estimate of drug-likeness (QED) is 0.810. The van der Waals surface area contributed by atoms with Crippen LogP contribution in [0.1, 0.15) is 23.1 Å². The number of carbonyl (C=O) groups is 1. The Kier molecular flexibility index (Phi) is 5.85. The van der Waals surface area contributed by atoms with Crippen molar-refractivity contribution < 1.29 is 9.90 Å². The van der Waals surface area contributed by atoms with Crippen molar-refractivity contribution in [3.05, 3.63) is 58.1 Å². The normalized spacial score (nSPS) is 17.5. The number of piperazine rings is 1. The van der Waals surface area contributed by atoms with E-state index in [1.165, 1.54) is 17.5 Å². The lowest BCUT2D eigenvalue weighted by Gasteiger charge is -2.34. The van der Waals surface area contributed by atoms with E-state index in [1.807, 2.05) is 18.2 Å². The molecule has 5 nitrogen and oxygen atoms in total. The average Bonchev–Trinajstić information content (AvgIpc) is 3.12. The molecule has 2 aromatic carbocycles. The van der Waals surface area contributed by atoms with Crippen LogP contribution in [0, 0.1) is 0 Å². The molecule has 0 radical (unpaired) electrons. The number of hydrogen-bond donors (Lipinski definition) is 2. The highest BCUT2D eigenvalue weighted by Gasteiger charge is 2.21. The second-order valence-electron chi connectivity index (χ2n) is 7.68. The first kappa shape index (κ1) is 19.2. The molecule has 0 saturated carbocycles. The molecule has 1 saturated heterocycles. The Morgan fingerprint density at radius 3 is 2.46 bits per heavy atom. The molecule has 1 aliphatic heterocycles. The van der Waals surface area contributed by atoms with Crippen molar-refractivity contribution >= 4 is 23.2 Å². The van der Waals surface area contributed by atoms with Gasteiger partial charge in [0, 0.05) is 38.3 Å². The topological polar surface area (TPSA) is 55.8 Å². The summed E-state index contributed by atoms with van der Waals surface area (Å²) >= 11 is 6.10. The number of nitrogens with zero attached hydrogens (tertiary/aromatic N) is 2. The van der Waals surface area contributed by atoms with E-state index in [2.05, 4.69) is 21.2 Å². The molecule has 0 atom stereocenters. The van der Waals surface area contributed by atoms with Gasteiger partial charge >= 0.3 is 0 Å². The SMILES string of the molecule is O=C(CN1CCN(Cc2cc3c(cc2O)CCC3)CC1)Nc1ccccc1Cl. The molecule has 2 aromatic rings. The van der Waals surface area contributed by atoms with Crippen molar-refractivity contribution in [3.8, 4) is 5.75 Å². The fraction of sp³-hybridized carbons (Fsp3) is 0.409.